The van der Waals surface area contributed by atoms with E-state index in [2.05, 4.69) is 0 Å². The number of Topliss-reactive ketones (excluding diaryl/α,β-unsaturated/α-hetero) is 1. The third-order valence-electron chi connectivity index (χ3n) is 3.48. The maximum Gasteiger partial charge on any atom is 0.137 e. The Kier molecular flexibility index (Phi) is 2.68. The molecule has 2 unspecified atom stereocenters. The molecule has 74 valence electrons. The van der Waals surface area contributed by atoms with E-state index in [1.165, 1.54) is 12.8 Å². The second-order valence-electron chi connectivity index (χ2n) is 4.65. The van der Waals surface area contributed by atoms with Crippen molar-refractivity contribution in [3.8, 4) is 0 Å². The quantitative estimate of drug-likeness (QED) is 0.719. The molecule has 0 saturated heterocycles. The van der Waals surface area contributed by atoms with Crippen LogP contribution in [-0.2, 0) is 4.79 Å². The van der Waals surface area contributed by atoms with Crippen LogP contribution in [-0.4, -0.2) is 11.8 Å². The molecule has 0 aromatic carbocycles. The zero-order valence-corrected chi connectivity index (χ0v) is 8.17. The third-order valence-corrected chi connectivity index (χ3v) is 3.48. The lowest BCUT2D eigenvalue weighted by Gasteiger charge is -2.13. The highest BCUT2D eigenvalue weighted by Gasteiger charge is 2.31. The average molecular weight is 181 g/mol. The maximum absolute atomic E-state index is 11.7. The summed E-state index contributed by atoms with van der Waals surface area (Å²) < 4.78 is 0. The van der Waals surface area contributed by atoms with Crippen molar-refractivity contribution in [2.45, 2.75) is 51.0 Å². The Hall–Kier alpha value is -0.370. The molecule has 0 aromatic heterocycles. The molecule has 2 fully saturated rings. The van der Waals surface area contributed by atoms with Gasteiger partial charge < -0.3 is 5.73 Å². The fraction of sp³-hybridized carbons (Fsp3) is 0.909. The van der Waals surface area contributed by atoms with Gasteiger partial charge in [-0.05, 0) is 25.2 Å². The number of hydrogen-bond acceptors (Lipinski definition) is 2. The first-order valence-corrected chi connectivity index (χ1v) is 5.55. The second-order valence-corrected chi connectivity index (χ2v) is 4.65. The third kappa shape index (κ3) is 2.31. The van der Waals surface area contributed by atoms with Gasteiger partial charge in [0.1, 0.15) is 5.78 Å². The molecule has 2 aliphatic rings. The Labute approximate surface area is 79.9 Å². The van der Waals surface area contributed by atoms with Gasteiger partial charge in [0.2, 0.25) is 0 Å². The van der Waals surface area contributed by atoms with E-state index in [1.807, 2.05) is 0 Å². The lowest BCUT2D eigenvalue weighted by atomic mass is 9.95. The molecule has 2 aliphatic carbocycles. The predicted molar refractivity (Wildman–Crippen MR) is 52.3 cm³/mol. The van der Waals surface area contributed by atoms with Crippen molar-refractivity contribution in [1.82, 2.24) is 0 Å². The minimum Gasteiger partial charge on any atom is -0.327 e. The van der Waals surface area contributed by atoms with E-state index in [0.29, 0.717) is 5.78 Å². The molecule has 2 rings (SSSR count). The molecule has 2 saturated carbocycles. The monoisotopic (exact) mass is 181 g/mol. The summed E-state index contributed by atoms with van der Waals surface area (Å²) in [7, 11) is 0. The molecule has 2 heteroatoms. The van der Waals surface area contributed by atoms with Crippen LogP contribution in [0.1, 0.15) is 44.9 Å². The van der Waals surface area contributed by atoms with Gasteiger partial charge in [-0.15, -0.1) is 0 Å². The zero-order chi connectivity index (χ0) is 9.26. The highest BCUT2D eigenvalue weighted by atomic mass is 16.1. The number of ketones is 1. The normalized spacial score (nSPS) is 33.6. The van der Waals surface area contributed by atoms with E-state index >= 15 is 0 Å². The van der Waals surface area contributed by atoms with Crippen molar-refractivity contribution in [3.63, 3.8) is 0 Å². The van der Waals surface area contributed by atoms with Gasteiger partial charge >= 0.3 is 0 Å². The van der Waals surface area contributed by atoms with Gasteiger partial charge in [0.15, 0.2) is 0 Å². The Bertz CT molecular complexity index is 198. The Balaban J connectivity index is 1.74. The van der Waals surface area contributed by atoms with Gasteiger partial charge in [0, 0.05) is 18.4 Å². The largest absolute Gasteiger partial charge is 0.327 e. The Morgan fingerprint density at radius 2 is 2.00 bits per heavy atom. The first kappa shape index (κ1) is 9.20. The van der Waals surface area contributed by atoms with E-state index in [4.69, 9.17) is 5.73 Å². The van der Waals surface area contributed by atoms with Crippen LogP contribution >= 0.6 is 0 Å². The number of rotatable bonds is 4. The van der Waals surface area contributed by atoms with Gasteiger partial charge in [-0.3, -0.25) is 4.79 Å². The summed E-state index contributed by atoms with van der Waals surface area (Å²) in [5.41, 5.74) is 5.88. The van der Waals surface area contributed by atoms with Gasteiger partial charge in [0.05, 0.1) is 0 Å². The van der Waals surface area contributed by atoms with Crippen molar-refractivity contribution in [2.75, 3.05) is 0 Å². The van der Waals surface area contributed by atoms with Gasteiger partial charge in [0.25, 0.3) is 0 Å². The summed E-state index contributed by atoms with van der Waals surface area (Å²) in [5.74, 6) is 1.53. The predicted octanol–water partition coefficient (Wildman–Crippen LogP) is 1.87. The van der Waals surface area contributed by atoms with Crippen LogP contribution in [0.15, 0.2) is 0 Å². The molecule has 0 bridgehead atoms. The number of hydrogen-bond donors (Lipinski definition) is 1. The topological polar surface area (TPSA) is 43.1 Å². The number of nitrogens with two attached hydrogens (primary N) is 1. The molecule has 2 N–H and O–H groups in total. The van der Waals surface area contributed by atoms with Crippen molar-refractivity contribution in [3.05, 3.63) is 0 Å². The van der Waals surface area contributed by atoms with E-state index < -0.39 is 0 Å². The summed E-state index contributed by atoms with van der Waals surface area (Å²) in [6.45, 7) is 0. The van der Waals surface area contributed by atoms with Crippen LogP contribution < -0.4 is 5.73 Å². The maximum atomic E-state index is 11.7. The zero-order valence-electron chi connectivity index (χ0n) is 8.17. The van der Waals surface area contributed by atoms with E-state index in [-0.39, 0.29) is 12.0 Å². The number of carbonyl (C=O) groups is 1. The van der Waals surface area contributed by atoms with E-state index in [1.54, 1.807) is 0 Å². The second kappa shape index (κ2) is 3.79. The fourth-order valence-corrected chi connectivity index (χ4v) is 2.33. The Morgan fingerprint density at radius 3 is 2.54 bits per heavy atom. The fourth-order valence-electron chi connectivity index (χ4n) is 2.33. The summed E-state index contributed by atoms with van der Waals surface area (Å²) in [6, 6.07) is 0.173. The van der Waals surface area contributed by atoms with Crippen LogP contribution in [0.2, 0.25) is 0 Å². The van der Waals surface area contributed by atoms with Crippen molar-refractivity contribution in [2.24, 2.45) is 17.6 Å². The summed E-state index contributed by atoms with van der Waals surface area (Å²) in [5, 5.41) is 0. The molecular formula is C11H19NO. The van der Waals surface area contributed by atoms with Crippen molar-refractivity contribution >= 4 is 5.78 Å². The number of carbonyl (C=O) groups excluding carboxylic acids is 1. The molecule has 2 nitrogen and oxygen atoms in total. The highest BCUT2D eigenvalue weighted by Crippen LogP contribution is 2.35. The first-order valence-electron chi connectivity index (χ1n) is 5.55. The molecule has 0 aromatic rings. The van der Waals surface area contributed by atoms with Crippen molar-refractivity contribution in [1.29, 1.82) is 0 Å². The molecule has 0 heterocycles. The molecule has 0 aliphatic heterocycles. The summed E-state index contributed by atoms with van der Waals surface area (Å²) in [4.78, 5) is 11.7. The molecule has 0 amide bonds. The van der Waals surface area contributed by atoms with Gasteiger partial charge in [-0.1, -0.05) is 19.3 Å². The van der Waals surface area contributed by atoms with Gasteiger partial charge in [-0.25, -0.2) is 0 Å². The smallest absolute Gasteiger partial charge is 0.137 e. The van der Waals surface area contributed by atoms with Crippen molar-refractivity contribution < 1.29 is 4.79 Å². The minimum absolute atomic E-state index is 0.173. The van der Waals surface area contributed by atoms with Crippen LogP contribution in [0.4, 0.5) is 0 Å². The lowest BCUT2D eigenvalue weighted by Crippen LogP contribution is -2.30. The van der Waals surface area contributed by atoms with E-state index in [9.17, 15) is 4.79 Å². The molecule has 0 radical (unpaired) electrons. The molecule has 2 atom stereocenters. The molecular weight excluding hydrogens is 162 g/mol. The summed E-state index contributed by atoms with van der Waals surface area (Å²) >= 11 is 0. The van der Waals surface area contributed by atoms with Crippen LogP contribution in [0, 0.1) is 11.8 Å². The highest BCUT2D eigenvalue weighted by molar-refractivity contribution is 5.82. The summed E-state index contributed by atoms with van der Waals surface area (Å²) in [6.07, 6.45) is 7.88. The average Bonchev–Trinajstić information content (AvgIpc) is 2.84. The van der Waals surface area contributed by atoms with Gasteiger partial charge in [-0.2, -0.15) is 0 Å². The SMILES string of the molecule is NC1CCCC1C(=O)CCC1CC1. The standard InChI is InChI=1S/C11H19NO/c12-10-3-1-2-9(10)11(13)7-6-8-4-5-8/h8-10H,1-7,12H2. The van der Waals surface area contributed by atoms with Crippen LogP contribution in [0.5, 0.6) is 0 Å². The lowest BCUT2D eigenvalue weighted by molar-refractivity contribution is -0.123. The molecule has 13 heavy (non-hydrogen) atoms. The van der Waals surface area contributed by atoms with E-state index in [0.717, 1.165) is 38.0 Å². The first-order chi connectivity index (χ1) is 6.27. The van der Waals surface area contributed by atoms with Crippen LogP contribution in [0.25, 0.3) is 0 Å². The van der Waals surface area contributed by atoms with Crippen LogP contribution in [0.3, 0.4) is 0 Å². The minimum atomic E-state index is 0.173. The molecule has 0 spiro atoms. The Morgan fingerprint density at radius 1 is 1.23 bits per heavy atom.